The normalized spacial score (nSPS) is 17.8. The lowest BCUT2D eigenvalue weighted by Gasteiger charge is -2.29. The highest BCUT2D eigenvalue weighted by molar-refractivity contribution is 7.80. The van der Waals surface area contributed by atoms with Gasteiger partial charge in [0.25, 0.3) is 0 Å². The van der Waals surface area contributed by atoms with Crippen LogP contribution >= 0.6 is 23.8 Å². The summed E-state index contributed by atoms with van der Waals surface area (Å²) < 4.78 is 2.22. The van der Waals surface area contributed by atoms with Gasteiger partial charge in [-0.1, -0.05) is 17.7 Å². The van der Waals surface area contributed by atoms with Crippen LogP contribution in [0.5, 0.6) is 0 Å². The first kappa shape index (κ1) is 21.5. The molecule has 0 saturated carbocycles. The van der Waals surface area contributed by atoms with Crippen molar-refractivity contribution in [3.05, 3.63) is 108 Å². The fraction of sp³-hybridized carbons (Fsp3) is 0.154. The molecule has 2 aromatic carbocycles. The van der Waals surface area contributed by atoms with Crippen molar-refractivity contribution in [2.45, 2.75) is 12.1 Å². The van der Waals surface area contributed by atoms with E-state index in [0.29, 0.717) is 10.1 Å². The van der Waals surface area contributed by atoms with Crippen molar-refractivity contribution in [3.8, 4) is 5.69 Å². The van der Waals surface area contributed by atoms with E-state index in [1.807, 2.05) is 62.8 Å². The summed E-state index contributed by atoms with van der Waals surface area (Å²) in [5.74, 6) is 0. The number of benzene rings is 2. The Morgan fingerprint density at radius 1 is 0.909 bits per heavy atom. The molecule has 0 spiro atoms. The Balaban J connectivity index is 1.63. The van der Waals surface area contributed by atoms with Gasteiger partial charge in [0.1, 0.15) is 6.04 Å². The first-order valence-corrected chi connectivity index (χ1v) is 11.5. The van der Waals surface area contributed by atoms with Gasteiger partial charge in [0.05, 0.1) is 11.7 Å². The third-order valence-electron chi connectivity index (χ3n) is 5.93. The molecule has 2 atom stereocenters. The van der Waals surface area contributed by atoms with E-state index in [2.05, 4.69) is 67.3 Å². The molecular formula is C26H24ClN5S. The predicted molar refractivity (Wildman–Crippen MR) is 139 cm³/mol. The second-order valence-corrected chi connectivity index (χ2v) is 9.01. The molecule has 1 fully saturated rings. The van der Waals surface area contributed by atoms with Crippen molar-refractivity contribution in [1.82, 2.24) is 14.9 Å². The van der Waals surface area contributed by atoms with Crippen LogP contribution in [0.4, 0.5) is 11.4 Å². The summed E-state index contributed by atoms with van der Waals surface area (Å²) in [6.45, 7) is 0. The molecular weight excluding hydrogens is 450 g/mol. The van der Waals surface area contributed by atoms with Crippen LogP contribution in [-0.2, 0) is 0 Å². The van der Waals surface area contributed by atoms with Crippen LogP contribution in [-0.4, -0.2) is 28.8 Å². The lowest BCUT2D eigenvalue weighted by molar-refractivity contribution is 0.549. The Morgan fingerprint density at radius 2 is 1.64 bits per heavy atom. The first-order valence-electron chi connectivity index (χ1n) is 10.7. The maximum Gasteiger partial charge on any atom is 0.174 e. The van der Waals surface area contributed by atoms with Crippen molar-refractivity contribution in [2.75, 3.05) is 23.9 Å². The van der Waals surface area contributed by atoms with Crippen LogP contribution in [0.3, 0.4) is 0 Å². The van der Waals surface area contributed by atoms with Gasteiger partial charge in [-0.3, -0.25) is 4.98 Å². The Bertz CT molecular complexity index is 1250. The number of nitrogens with one attached hydrogen (secondary N) is 1. The van der Waals surface area contributed by atoms with Crippen LogP contribution in [0.15, 0.2) is 91.3 Å². The molecule has 7 heteroatoms. The fourth-order valence-corrected chi connectivity index (χ4v) is 4.79. The van der Waals surface area contributed by atoms with Gasteiger partial charge in [-0.15, -0.1) is 0 Å². The lowest BCUT2D eigenvalue weighted by atomic mass is 10.0. The van der Waals surface area contributed by atoms with Gasteiger partial charge in [-0.2, -0.15) is 0 Å². The third kappa shape index (κ3) is 4.08. The number of rotatable bonds is 5. The number of thiocarbonyl (C=S) groups is 1. The summed E-state index contributed by atoms with van der Waals surface area (Å²) in [5, 5.41) is 4.87. The SMILES string of the molecule is CN(C)c1ccc(-n2cccc2[C@@H]2[C@@H](c3ccccn3)NC(=S)N2c2ccc(Cl)cc2)cc1. The number of halogens is 1. The summed E-state index contributed by atoms with van der Waals surface area (Å²) in [7, 11) is 4.09. The van der Waals surface area contributed by atoms with Crippen molar-refractivity contribution in [2.24, 2.45) is 0 Å². The Morgan fingerprint density at radius 3 is 2.30 bits per heavy atom. The van der Waals surface area contributed by atoms with Crippen molar-refractivity contribution in [1.29, 1.82) is 0 Å². The van der Waals surface area contributed by atoms with Crippen LogP contribution in [0.1, 0.15) is 23.5 Å². The average Bonchev–Trinajstić information content (AvgIpc) is 3.44. The van der Waals surface area contributed by atoms with Gasteiger partial charge >= 0.3 is 0 Å². The Kier molecular flexibility index (Phi) is 5.79. The molecule has 4 aromatic rings. The number of anilines is 2. The zero-order valence-electron chi connectivity index (χ0n) is 18.4. The minimum absolute atomic E-state index is 0.0999. The van der Waals surface area contributed by atoms with E-state index in [0.717, 1.165) is 28.5 Å². The molecule has 0 amide bonds. The molecule has 5 rings (SSSR count). The predicted octanol–water partition coefficient (Wildman–Crippen LogP) is 5.77. The molecule has 0 bridgehead atoms. The van der Waals surface area contributed by atoms with Gasteiger partial charge in [-0.05, 0) is 85.0 Å². The molecule has 1 N–H and O–H groups in total. The van der Waals surface area contributed by atoms with E-state index in [9.17, 15) is 0 Å². The Labute approximate surface area is 204 Å². The average molecular weight is 474 g/mol. The standard InChI is InChI=1S/C26H24ClN5S/c1-30(2)19-12-14-20(15-13-19)31-17-5-7-23(31)25-24(22-6-3-4-16-28-22)29-26(33)32(25)21-10-8-18(27)9-11-21/h3-17,24-25H,1-2H3,(H,29,33)/t24-,25-/m1/s1. The summed E-state index contributed by atoms with van der Waals surface area (Å²) in [6, 6.07) is 26.3. The van der Waals surface area contributed by atoms with Gasteiger partial charge in [-0.25, -0.2) is 0 Å². The van der Waals surface area contributed by atoms with Crippen LogP contribution in [0.2, 0.25) is 5.02 Å². The van der Waals surface area contributed by atoms with E-state index < -0.39 is 0 Å². The maximum atomic E-state index is 6.17. The van der Waals surface area contributed by atoms with Crippen LogP contribution < -0.4 is 15.1 Å². The van der Waals surface area contributed by atoms with E-state index in [4.69, 9.17) is 23.8 Å². The zero-order valence-corrected chi connectivity index (χ0v) is 20.0. The number of hydrogen-bond acceptors (Lipinski definition) is 3. The number of aromatic nitrogens is 2. The summed E-state index contributed by atoms with van der Waals surface area (Å²) >= 11 is 12.0. The van der Waals surface area contributed by atoms with Crippen molar-refractivity contribution in [3.63, 3.8) is 0 Å². The Hall–Kier alpha value is -3.35. The maximum absolute atomic E-state index is 6.17. The second-order valence-electron chi connectivity index (χ2n) is 8.19. The summed E-state index contributed by atoms with van der Waals surface area (Å²) in [4.78, 5) is 8.90. The second kappa shape index (κ2) is 8.89. The van der Waals surface area contributed by atoms with Crippen molar-refractivity contribution >= 4 is 40.3 Å². The van der Waals surface area contributed by atoms with Crippen molar-refractivity contribution < 1.29 is 0 Å². The van der Waals surface area contributed by atoms with E-state index >= 15 is 0 Å². The van der Waals surface area contributed by atoms with Gasteiger partial charge < -0.3 is 19.7 Å². The lowest BCUT2D eigenvalue weighted by Crippen LogP contribution is -2.30. The van der Waals surface area contributed by atoms with E-state index in [1.165, 1.54) is 0 Å². The van der Waals surface area contributed by atoms with Gasteiger partial charge in [0, 0.05) is 54.3 Å². The molecule has 1 aliphatic rings. The third-order valence-corrected chi connectivity index (χ3v) is 6.50. The highest BCUT2D eigenvalue weighted by Crippen LogP contribution is 2.42. The van der Waals surface area contributed by atoms with Gasteiger partial charge in [0.15, 0.2) is 5.11 Å². The summed E-state index contributed by atoms with van der Waals surface area (Å²) in [6.07, 6.45) is 3.91. The van der Waals surface area contributed by atoms with E-state index in [1.54, 1.807) is 0 Å². The molecule has 0 aliphatic carbocycles. The quantitative estimate of drug-likeness (QED) is 0.372. The van der Waals surface area contributed by atoms with E-state index in [-0.39, 0.29) is 12.1 Å². The molecule has 3 heterocycles. The van der Waals surface area contributed by atoms with Gasteiger partial charge in [0.2, 0.25) is 0 Å². The molecule has 1 aliphatic heterocycles. The first-order chi connectivity index (χ1) is 16.0. The molecule has 1 saturated heterocycles. The molecule has 0 radical (unpaired) electrons. The number of pyridine rings is 1. The highest BCUT2D eigenvalue weighted by Gasteiger charge is 2.42. The molecule has 0 unspecified atom stereocenters. The number of nitrogens with zero attached hydrogens (tertiary/aromatic N) is 4. The smallest absolute Gasteiger partial charge is 0.174 e. The van der Waals surface area contributed by atoms with Crippen LogP contribution in [0.25, 0.3) is 5.69 Å². The molecule has 33 heavy (non-hydrogen) atoms. The minimum atomic E-state index is -0.107. The molecule has 166 valence electrons. The number of hydrogen-bond donors (Lipinski definition) is 1. The largest absolute Gasteiger partial charge is 0.378 e. The molecule has 5 nitrogen and oxygen atoms in total. The van der Waals surface area contributed by atoms with Crippen LogP contribution in [0, 0.1) is 0 Å². The fourth-order valence-electron chi connectivity index (χ4n) is 4.32. The highest BCUT2D eigenvalue weighted by atomic mass is 35.5. The topological polar surface area (TPSA) is 36.3 Å². The zero-order chi connectivity index (χ0) is 22.9. The summed E-state index contributed by atoms with van der Waals surface area (Å²) in [5.41, 5.74) is 5.29. The molecule has 2 aromatic heterocycles. The monoisotopic (exact) mass is 473 g/mol. The minimum Gasteiger partial charge on any atom is -0.378 e.